The van der Waals surface area contributed by atoms with Crippen LogP contribution in [0.25, 0.3) is 16.6 Å². The van der Waals surface area contributed by atoms with Gasteiger partial charge in [-0.25, -0.2) is 9.07 Å². The van der Waals surface area contributed by atoms with Crippen molar-refractivity contribution < 1.29 is 22.3 Å². The molecular formula is C15H10F4IN3O. The maximum atomic E-state index is 14.1. The van der Waals surface area contributed by atoms with Gasteiger partial charge in [0.15, 0.2) is 11.6 Å². The van der Waals surface area contributed by atoms with Crippen LogP contribution in [0.5, 0.6) is 5.75 Å². The number of hydrogen-bond acceptors (Lipinski definition) is 3. The summed E-state index contributed by atoms with van der Waals surface area (Å²) >= 11 is 1.96. The number of rotatable bonds is 3. The Morgan fingerprint density at radius 3 is 2.71 bits per heavy atom. The summed E-state index contributed by atoms with van der Waals surface area (Å²) in [7, 11) is 1.20. The molecule has 0 radical (unpaired) electrons. The van der Waals surface area contributed by atoms with Crippen molar-refractivity contribution in [2.75, 3.05) is 7.11 Å². The van der Waals surface area contributed by atoms with Gasteiger partial charge in [-0.05, 0) is 40.3 Å². The molecule has 0 aliphatic carbocycles. The molecule has 24 heavy (non-hydrogen) atoms. The molecular weight excluding hydrogens is 441 g/mol. The zero-order chi connectivity index (χ0) is 17.5. The fourth-order valence-electron chi connectivity index (χ4n) is 2.41. The average Bonchev–Trinajstić information content (AvgIpc) is 2.85. The van der Waals surface area contributed by atoms with Crippen LogP contribution >= 0.6 is 22.6 Å². The fourth-order valence-corrected chi connectivity index (χ4v) is 3.04. The molecule has 0 N–H and O–H groups in total. The summed E-state index contributed by atoms with van der Waals surface area (Å²) in [4.78, 5) is 3.98. The normalized spacial score (nSPS) is 11.9. The van der Waals surface area contributed by atoms with Crippen molar-refractivity contribution in [1.29, 1.82) is 0 Å². The second-order valence-corrected chi connectivity index (χ2v) is 6.02. The van der Waals surface area contributed by atoms with Crippen LogP contribution in [0.3, 0.4) is 0 Å². The molecule has 0 fully saturated rings. The Morgan fingerprint density at radius 2 is 2.04 bits per heavy atom. The second kappa shape index (κ2) is 6.19. The summed E-state index contributed by atoms with van der Waals surface area (Å²) < 4.78 is 59.5. The molecule has 0 spiro atoms. The summed E-state index contributed by atoms with van der Waals surface area (Å²) in [5.74, 6) is -1.00. The zero-order valence-corrected chi connectivity index (χ0v) is 14.4. The number of alkyl halides is 3. The number of hydrogen-bond donors (Lipinski definition) is 0. The van der Waals surface area contributed by atoms with Gasteiger partial charge in [-0.1, -0.05) is 0 Å². The summed E-state index contributed by atoms with van der Waals surface area (Å²) in [6.45, 7) is 0. The van der Waals surface area contributed by atoms with E-state index in [-0.39, 0.29) is 17.0 Å². The van der Waals surface area contributed by atoms with E-state index in [0.717, 1.165) is 12.1 Å². The molecule has 2 heterocycles. The lowest BCUT2D eigenvalue weighted by Gasteiger charge is -2.15. The summed E-state index contributed by atoms with van der Waals surface area (Å²) in [6.07, 6.45) is -2.61. The average molecular weight is 451 g/mol. The van der Waals surface area contributed by atoms with Crippen LogP contribution in [0.1, 0.15) is 5.56 Å². The number of aromatic nitrogens is 3. The van der Waals surface area contributed by atoms with Crippen molar-refractivity contribution in [3.8, 4) is 11.4 Å². The number of ether oxygens (including phenoxy) is 1. The van der Waals surface area contributed by atoms with Crippen LogP contribution < -0.4 is 4.74 Å². The Bertz CT molecular complexity index is 908. The molecule has 0 saturated heterocycles. The van der Waals surface area contributed by atoms with Crippen LogP contribution in [-0.4, -0.2) is 28.1 Å². The van der Waals surface area contributed by atoms with Crippen LogP contribution in [0.15, 0.2) is 30.6 Å². The fraction of sp³-hybridized carbons (Fsp3) is 0.200. The van der Waals surface area contributed by atoms with Crippen molar-refractivity contribution in [2.24, 2.45) is 0 Å². The number of benzene rings is 1. The number of pyridine rings is 1. The highest BCUT2D eigenvalue weighted by Crippen LogP contribution is 2.32. The molecule has 126 valence electrons. The van der Waals surface area contributed by atoms with Gasteiger partial charge in [0.25, 0.3) is 0 Å². The van der Waals surface area contributed by atoms with Crippen molar-refractivity contribution in [1.82, 2.24) is 14.8 Å². The van der Waals surface area contributed by atoms with Gasteiger partial charge in [0.1, 0.15) is 3.70 Å². The SMILES string of the molecule is COc1cc(CC(F)(F)F)c(-n2nc(I)c3cnccc32)cc1F. The highest BCUT2D eigenvalue weighted by Gasteiger charge is 2.30. The Kier molecular flexibility index (Phi) is 4.37. The Hall–Kier alpha value is -1.91. The first-order chi connectivity index (χ1) is 11.3. The van der Waals surface area contributed by atoms with E-state index in [1.54, 1.807) is 12.3 Å². The molecule has 0 atom stereocenters. The summed E-state index contributed by atoms with van der Waals surface area (Å²) in [5, 5.41) is 4.91. The van der Waals surface area contributed by atoms with Gasteiger partial charge >= 0.3 is 6.18 Å². The van der Waals surface area contributed by atoms with Crippen LogP contribution in [-0.2, 0) is 6.42 Å². The van der Waals surface area contributed by atoms with Crippen LogP contribution in [0.4, 0.5) is 17.6 Å². The smallest absolute Gasteiger partial charge is 0.393 e. The summed E-state index contributed by atoms with van der Waals surface area (Å²) in [6, 6.07) is 3.67. The molecule has 0 unspecified atom stereocenters. The third-order valence-electron chi connectivity index (χ3n) is 3.41. The highest BCUT2D eigenvalue weighted by atomic mass is 127. The van der Waals surface area contributed by atoms with E-state index in [1.807, 2.05) is 22.6 Å². The van der Waals surface area contributed by atoms with E-state index in [9.17, 15) is 17.6 Å². The number of halogens is 5. The van der Waals surface area contributed by atoms with Gasteiger partial charge in [-0.15, -0.1) is 0 Å². The predicted molar refractivity (Wildman–Crippen MR) is 87.9 cm³/mol. The van der Waals surface area contributed by atoms with Crippen LogP contribution in [0, 0.1) is 9.52 Å². The molecule has 0 aliphatic rings. The van der Waals surface area contributed by atoms with E-state index >= 15 is 0 Å². The Labute approximate surface area is 147 Å². The minimum absolute atomic E-state index is 0.0183. The van der Waals surface area contributed by atoms with Gasteiger partial charge in [0, 0.05) is 18.5 Å². The van der Waals surface area contributed by atoms with E-state index < -0.39 is 18.4 Å². The van der Waals surface area contributed by atoms with E-state index in [1.165, 1.54) is 18.0 Å². The molecule has 3 aromatic rings. The second-order valence-electron chi connectivity index (χ2n) is 5.00. The molecule has 9 heteroatoms. The van der Waals surface area contributed by atoms with Crippen molar-refractivity contribution in [2.45, 2.75) is 12.6 Å². The lowest BCUT2D eigenvalue weighted by molar-refractivity contribution is -0.127. The molecule has 4 nitrogen and oxygen atoms in total. The standard InChI is InChI=1S/C15H10F4IN3O/c1-24-13-4-8(6-15(17,18)19)12(5-10(13)16)23-11-2-3-21-7-9(11)14(20)22-23/h2-5,7H,6H2,1H3. The minimum atomic E-state index is -4.45. The van der Waals surface area contributed by atoms with Gasteiger partial charge in [-0.2, -0.15) is 18.3 Å². The lowest BCUT2D eigenvalue weighted by Crippen LogP contribution is -2.15. The molecule has 0 aliphatic heterocycles. The lowest BCUT2D eigenvalue weighted by atomic mass is 10.1. The maximum absolute atomic E-state index is 14.1. The number of methoxy groups -OCH3 is 1. The largest absolute Gasteiger partial charge is 0.494 e. The van der Waals surface area contributed by atoms with Crippen molar-refractivity contribution in [3.63, 3.8) is 0 Å². The molecule has 1 aromatic carbocycles. The van der Waals surface area contributed by atoms with Crippen molar-refractivity contribution in [3.05, 3.63) is 45.7 Å². The zero-order valence-electron chi connectivity index (χ0n) is 12.2. The molecule has 0 amide bonds. The van der Waals surface area contributed by atoms with E-state index in [2.05, 4.69) is 10.1 Å². The van der Waals surface area contributed by atoms with Gasteiger partial charge in [0.2, 0.25) is 0 Å². The van der Waals surface area contributed by atoms with Gasteiger partial charge in [-0.3, -0.25) is 4.98 Å². The minimum Gasteiger partial charge on any atom is -0.494 e. The number of nitrogens with zero attached hydrogens (tertiary/aromatic N) is 3. The third kappa shape index (κ3) is 3.17. The van der Waals surface area contributed by atoms with Gasteiger partial charge < -0.3 is 4.74 Å². The van der Waals surface area contributed by atoms with E-state index in [0.29, 0.717) is 14.6 Å². The van der Waals surface area contributed by atoms with Crippen molar-refractivity contribution >= 4 is 33.5 Å². The first-order valence-electron chi connectivity index (χ1n) is 6.72. The Morgan fingerprint density at radius 1 is 1.29 bits per heavy atom. The number of fused-ring (bicyclic) bond motifs is 1. The Balaban J connectivity index is 2.27. The molecule has 2 aromatic heterocycles. The first-order valence-corrected chi connectivity index (χ1v) is 7.80. The molecule has 0 saturated carbocycles. The monoisotopic (exact) mass is 451 g/mol. The quantitative estimate of drug-likeness (QED) is 0.441. The molecule has 0 bridgehead atoms. The first kappa shape index (κ1) is 16.9. The van der Waals surface area contributed by atoms with E-state index in [4.69, 9.17) is 4.74 Å². The molecule has 3 rings (SSSR count). The highest BCUT2D eigenvalue weighted by molar-refractivity contribution is 14.1. The third-order valence-corrected chi connectivity index (χ3v) is 4.21. The topological polar surface area (TPSA) is 39.9 Å². The summed E-state index contributed by atoms with van der Waals surface area (Å²) in [5.41, 5.74) is 0.436. The maximum Gasteiger partial charge on any atom is 0.393 e. The predicted octanol–water partition coefficient (Wildman–Crippen LogP) is 4.28. The van der Waals surface area contributed by atoms with Crippen LogP contribution in [0.2, 0.25) is 0 Å². The van der Waals surface area contributed by atoms with Gasteiger partial charge in [0.05, 0.1) is 30.1 Å².